The Morgan fingerprint density at radius 1 is 1.00 bits per heavy atom. The van der Waals surface area contributed by atoms with Crippen LogP contribution < -0.4 is 15.4 Å². The molecule has 0 fully saturated rings. The van der Waals surface area contributed by atoms with Crippen molar-refractivity contribution < 1.29 is 22.7 Å². The summed E-state index contributed by atoms with van der Waals surface area (Å²) in [6.07, 6.45) is 1.21. The van der Waals surface area contributed by atoms with Crippen LogP contribution in [0.4, 0.5) is 24.7 Å². The molecule has 1 amide bonds. The molecule has 0 atom stereocenters. The Balaban J connectivity index is 1.69. The third kappa shape index (κ3) is 3.00. The van der Waals surface area contributed by atoms with E-state index in [0.717, 1.165) is 6.07 Å². The number of aromatic nitrogens is 2. The molecule has 6 nitrogen and oxygen atoms in total. The van der Waals surface area contributed by atoms with Crippen LogP contribution in [0.2, 0.25) is 0 Å². The van der Waals surface area contributed by atoms with Gasteiger partial charge in [-0.25, -0.2) is 23.1 Å². The Labute approximate surface area is 157 Å². The number of hydrogen-bond acceptors (Lipinski definition) is 5. The van der Waals surface area contributed by atoms with Gasteiger partial charge in [0.15, 0.2) is 11.6 Å². The molecular weight excluding hydrogens is 373 g/mol. The zero-order valence-electron chi connectivity index (χ0n) is 14.3. The summed E-state index contributed by atoms with van der Waals surface area (Å²) in [5.74, 6) is -3.61. The first kappa shape index (κ1) is 17.8. The summed E-state index contributed by atoms with van der Waals surface area (Å²) in [5.41, 5.74) is 6.61. The first-order valence-electron chi connectivity index (χ1n) is 8.26. The Kier molecular flexibility index (Phi) is 4.34. The first-order valence-corrected chi connectivity index (χ1v) is 8.26. The van der Waals surface area contributed by atoms with Crippen LogP contribution in [-0.2, 0) is 0 Å². The number of nitrogens with two attached hydrogens (primary N) is 1. The third-order valence-corrected chi connectivity index (χ3v) is 4.35. The number of carbonyl (C=O) groups excluding carboxylic acids is 1. The Bertz CT molecular complexity index is 1070. The normalized spacial score (nSPS) is 13.7. The summed E-state index contributed by atoms with van der Waals surface area (Å²) in [7, 11) is 0. The van der Waals surface area contributed by atoms with Crippen molar-refractivity contribution in [3.63, 3.8) is 0 Å². The molecule has 0 saturated carbocycles. The van der Waals surface area contributed by atoms with Gasteiger partial charge in [0.25, 0.3) is 5.91 Å². The van der Waals surface area contributed by atoms with Gasteiger partial charge in [0.2, 0.25) is 5.88 Å². The van der Waals surface area contributed by atoms with Gasteiger partial charge in [0.1, 0.15) is 30.1 Å². The van der Waals surface area contributed by atoms with Gasteiger partial charge in [0.05, 0.1) is 6.54 Å². The van der Waals surface area contributed by atoms with E-state index in [1.54, 1.807) is 12.1 Å². The van der Waals surface area contributed by atoms with E-state index in [4.69, 9.17) is 10.5 Å². The SMILES string of the molecule is Nc1ncnc2c1C(=O)N(c1ccc(-c3cc(F)c(F)cc3F)cc1)CCO2. The van der Waals surface area contributed by atoms with Crippen LogP contribution in [0, 0.1) is 17.5 Å². The van der Waals surface area contributed by atoms with Crippen molar-refractivity contribution in [1.82, 2.24) is 9.97 Å². The second-order valence-corrected chi connectivity index (χ2v) is 6.04. The highest BCUT2D eigenvalue weighted by atomic mass is 19.2. The molecule has 2 N–H and O–H groups in total. The molecule has 3 aromatic rings. The molecule has 0 saturated heterocycles. The second-order valence-electron chi connectivity index (χ2n) is 6.04. The molecule has 0 radical (unpaired) electrons. The summed E-state index contributed by atoms with van der Waals surface area (Å²) < 4.78 is 46.0. The minimum Gasteiger partial charge on any atom is -0.475 e. The van der Waals surface area contributed by atoms with Crippen LogP contribution >= 0.6 is 0 Å². The number of rotatable bonds is 2. The van der Waals surface area contributed by atoms with Crippen LogP contribution in [0.3, 0.4) is 0 Å². The van der Waals surface area contributed by atoms with Crippen LogP contribution in [0.1, 0.15) is 10.4 Å². The molecule has 142 valence electrons. The van der Waals surface area contributed by atoms with Crippen molar-refractivity contribution in [1.29, 1.82) is 0 Å². The van der Waals surface area contributed by atoms with Crippen LogP contribution in [-0.4, -0.2) is 29.0 Å². The maximum Gasteiger partial charge on any atom is 0.267 e. The van der Waals surface area contributed by atoms with Gasteiger partial charge < -0.3 is 15.4 Å². The van der Waals surface area contributed by atoms with Gasteiger partial charge in [-0.1, -0.05) is 12.1 Å². The quantitative estimate of drug-likeness (QED) is 0.684. The second kappa shape index (κ2) is 6.84. The highest BCUT2D eigenvalue weighted by Gasteiger charge is 2.28. The van der Waals surface area contributed by atoms with Crippen molar-refractivity contribution in [2.45, 2.75) is 0 Å². The molecule has 9 heteroatoms. The molecular formula is C19H13F3N4O2. The van der Waals surface area contributed by atoms with Gasteiger partial charge in [-0.3, -0.25) is 4.79 Å². The van der Waals surface area contributed by atoms with Gasteiger partial charge in [0, 0.05) is 17.3 Å². The smallest absolute Gasteiger partial charge is 0.267 e. The fraction of sp³-hybridized carbons (Fsp3) is 0.105. The number of nitrogen functional groups attached to an aromatic ring is 1. The molecule has 1 aromatic heterocycles. The largest absolute Gasteiger partial charge is 0.475 e. The standard InChI is InChI=1S/C19H13F3N4O2/c20-13-8-15(22)14(21)7-12(13)10-1-3-11(4-2-10)26-5-6-28-18-16(19(26)27)17(23)24-9-25-18/h1-4,7-9H,5-6H2,(H2,23,24,25). The lowest BCUT2D eigenvalue weighted by molar-refractivity contribution is 0.0990. The van der Waals surface area contributed by atoms with Gasteiger partial charge in [-0.15, -0.1) is 0 Å². The molecule has 2 heterocycles. The van der Waals surface area contributed by atoms with E-state index >= 15 is 0 Å². The summed E-state index contributed by atoms with van der Waals surface area (Å²) in [6.45, 7) is 0.419. The average Bonchev–Trinajstić information content (AvgIpc) is 2.85. The van der Waals surface area contributed by atoms with E-state index in [-0.39, 0.29) is 36.0 Å². The van der Waals surface area contributed by atoms with E-state index in [0.29, 0.717) is 17.3 Å². The fourth-order valence-corrected chi connectivity index (χ4v) is 2.97. The molecule has 2 aromatic carbocycles. The predicted molar refractivity (Wildman–Crippen MR) is 95.4 cm³/mol. The molecule has 0 spiro atoms. The first-order chi connectivity index (χ1) is 13.5. The van der Waals surface area contributed by atoms with Crippen molar-refractivity contribution in [2.24, 2.45) is 0 Å². The Morgan fingerprint density at radius 2 is 1.71 bits per heavy atom. The minimum absolute atomic E-state index is 0.00220. The van der Waals surface area contributed by atoms with E-state index in [1.807, 2.05) is 0 Å². The van der Waals surface area contributed by atoms with E-state index in [2.05, 4.69) is 9.97 Å². The average molecular weight is 386 g/mol. The fourth-order valence-electron chi connectivity index (χ4n) is 2.97. The Hall–Kier alpha value is -3.62. The lowest BCUT2D eigenvalue weighted by atomic mass is 10.0. The van der Waals surface area contributed by atoms with Gasteiger partial charge in [-0.05, 0) is 23.8 Å². The lowest BCUT2D eigenvalue weighted by Crippen LogP contribution is -2.32. The van der Waals surface area contributed by atoms with Crippen molar-refractivity contribution in [3.05, 3.63) is 65.7 Å². The van der Waals surface area contributed by atoms with E-state index in [1.165, 1.54) is 23.4 Å². The molecule has 4 rings (SSSR count). The topological polar surface area (TPSA) is 81.3 Å². The highest BCUT2D eigenvalue weighted by Crippen LogP contribution is 2.30. The number of benzene rings is 2. The molecule has 1 aliphatic heterocycles. The summed E-state index contributed by atoms with van der Waals surface area (Å²) >= 11 is 0. The summed E-state index contributed by atoms with van der Waals surface area (Å²) in [6, 6.07) is 7.44. The monoisotopic (exact) mass is 386 g/mol. The van der Waals surface area contributed by atoms with E-state index < -0.39 is 23.4 Å². The predicted octanol–water partition coefficient (Wildman–Crippen LogP) is 3.18. The Morgan fingerprint density at radius 3 is 2.46 bits per heavy atom. The molecule has 1 aliphatic rings. The number of hydrogen-bond donors (Lipinski definition) is 1. The maximum absolute atomic E-state index is 14.0. The number of halogens is 3. The number of anilines is 2. The number of nitrogens with zero attached hydrogens (tertiary/aromatic N) is 3. The third-order valence-electron chi connectivity index (χ3n) is 4.35. The number of carbonyl (C=O) groups is 1. The van der Waals surface area contributed by atoms with Gasteiger partial charge in [-0.2, -0.15) is 0 Å². The van der Waals surface area contributed by atoms with Crippen molar-refractivity contribution in [2.75, 3.05) is 23.8 Å². The number of fused-ring (bicyclic) bond motifs is 1. The lowest BCUT2D eigenvalue weighted by Gasteiger charge is -2.20. The van der Waals surface area contributed by atoms with E-state index in [9.17, 15) is 18.0 Å². The molecule has 0 aliphatic carbocycles. The zero-order chi connectivity index (χ0) is 19.8. The number of ether oxygens (including phenoxy) is 1. The number of amides is 1. The minimum atomic E-state index is -1.26. The van der Waals surface area contributed by atoms with Crippen molar-refractivity contribution >= 4 is 17.4 Å². The summed E-state index contributed by atoms with van der Waals surface area (Å²) in [4.78, 5) is 22.1. The van der Waals surface area contributed by atoms with Crippen LogP contribution in [0.15, 0.2) is 42.7 Å². The van der Waals surface area contributed by atoms with Crippen LogP contribution in [0.25, 0.3) is 11.1 Å². The van der Waals surface area contributed by atoms with Crippen molar-refractivity contribution in [3.8, 4) is 17.0 Å². The van der Waals surface area contributed by atoms with Gasteiger partial charge >= 0.3 is 0 Å². The highest BCUT2D eigenvalue weighted by molar-refractivity contribution is 6.10. The summed E-state index contributed by atoms with van der Waals surface area (Å²) in [5, 5.41) is 0. The molecule has 0 unspecified atom stereocenters. The van der Waals surface area contributed by atoms with Crippen LogP contribution in [0.5, 0.6) is 5.88 Å². The molecule has 0 bridgehead atoms. The zero-order valence-corrected chi connectivity index (χ0v) is 14.3. The molecule has 28 heavy (non-hydrogen) atoms. The maximum atomic E-state index is 14.0.